The minimum atomic E-state index is -0.918. The normalized spacial score (nSPS) is 12.4. The number of hydrogen-bond acceptors (Lipinski definition) is 1. The van der Waals surface area contributed by atoms with E-state index in [2.05, 4.69) is 0 Å². The summed E-state index contributed by atoms with van der Waals surface area (Å²) in [5.41, 5.74) is 1.09. The second kappa shape index (κ2) is 5.46. The molecule has 94 valence electrons. The molecular weight excluding hydrogens is 258 g/mol. The van der Waals surface area contributed by atoms with Crippen LogP contribution in [0.25, 0.3) is 0 Å². The number of benzene rings is 2. The van der Waals surface area contributed by atoms with Crippen molar-refractivity contribution in [1.82, 2.24) is 0 Å². The summed E-state index contributed by atoms with van der Waals surface area (Å²) in [6.45, 7) is 0. The van der Waals surface area contributed by atoms with Crippen LogP contribution >= 0.6 is 11.6 Å². The fourth-order valence-electron chi connectivity index (χ4n) is 1.75. The number of hydrogen-bond donors (Lipinski definition) is 1. The Kier molecular flexibility index (Phi) is 3.94. The molecule has 2 rings (SSSR count). The van der Waals surface area contributed by atoms with Crippen LogP contribution in [0, 0.1) is 11.6 Å². The molecule has 2 aromatic rings. The Morgan fingerprint density at radius 1 is 1.06 bits per heavy atom. The zero-order chi connectivity index (χ0) is 13.1. The van der Waals surface area contributed by atoms with Gasteiger partial charge in [-0.15, -0.1) is 0 Å². The van der Waals surface area contributed by atoms with Crippen molar-refractivity contribution < 1.29 is 13.9 Å². The zero-order valence-electron chi connectivity index (χ0n) is 9.41. The molecule has 0 saturated heterocycles. The molecule has 0 saturated carbocycles. The Bertz CT molecular complexity index is 557. The summed E-state index contributed by atoms with van der Waals surface area (Å²) in [6.07, 6.45) is -0.662. The Morgan fingerprint density at radius 2 is 1.78 bits per heavy atom. The largest absolute Gasteiger partial charge is 0.388 e. The summed E-state index contributed by atoms with van der Waals surface area (Å²) in [4.78, 5) is 0. The monoisotopic (exact) mass is 268 g/mol. The third kappa shape index (κ3) is 2.86. The van der Waals surface area contributed by atoms with Crippen molar-refractivity contribution in [3.8, 4) is 0 Å². The predicted molar refractivity (Wildman–Crippen MR) is 66.5 cm³/mol. The number of aliphatic hydroxyl groups is 1. The molecule has 0 aliphatic rings. The van der Waals surface area contributed by atoms with Crippen LogP contribution in [0.3, 0.4) is 0 Å². The van der Waals surface area contributed by atoms with Crippen molar-refractivity contribution in [2.45, 2.75) is 12.5 Å². The van der Waals surface area contributed by atoms with Gasteiger partial charge in [0.1, 0.15) is 0 Å². The van der Waals surface area contributed by atoms with Crippen molar-refractivity contribution in [3.05, 3.63) is 70.2 Å². The summed E-state index contributed by atoms with van der Waals surface area (Å²) in [7, 11) is 0. The highest BCUT2D eigenvalue weighted by molar-refractivity contribution is 6.31. The SMILES string of the molecule is OC(Cc1ccc(F)c(F)c1)c1ccccc1Cl. The zero-order valence-corrected chi connectivity index (χ0v) is 10.2. The van der Waals surface area contributed by atoms with Crippen molar-refractivity contribution in [1.29, 1.82) is 0 Å². The quantitative estimate of drug-likeness (QED) is 0.895. The number of halogens is 3. The van der Waals surface area contributed by atoms with Gasteiger partial charge in [-0.25, -0.2) is 8.78 Å². The third-order valence-corrected chi connectivity index (χ3v) is 3.02. The first-order valence-electron chi connectivity index (χ1n) is 5.44. The molecule has 2 aromatic carbocycles. The van der Waals surface area contributed by atoms with Crippen LogP contribution in [-0.4, -0.2) is 5.11 Å². The number of aliphatic hydroxyl groups excluding tert-OH is 1. The van der Waals surface area contributed by atoms with E-state index in [0.717, 1.165) is 12.1 Å². The van der Waals surface area contributed by atoms with Crippen molar-refractivity contribution >= 4 is 11.6 Å². The lowest BCUT2D eigenvalue weighted by molar-refractivity contribution is 0.178. The van der Waals surface area contributed by atoms with Gasteiger partial charge in [0.2, 0.25) is 0 Å². The van der Waals surface area contributed by atoms with Gasteiger partial charge in [0.15, 0.2) is 11.6 Å². The maximum Gasteiger partial charge on any atom is 0.159 e. The summed E-state index contributed by atoms with van der Waals surface area (Å²) >= 11 is 5.95. The van der Waals surface area contributed by atoms with E-state index in [-0.39, 0.29) is 6.42 Å². The van der Waals surface area contributed by atoms with Crippen LogP contribution in [0.15, 0.2) is 42.5 Å². The van der Waals surface area contributed by atoms with Crippen molar-refractivity contribution in [3.63, 3.8) is 0 Å². The second-order valence-electron chi connectivity index (χ2n) is 3.99. The minimum Gasteiger partial charge on any atom is -0.388 e. The van der Waals surface area contributed by atoms with E-state index >= 15 is 0 Å². The van der Waals surface area contributed by atoms with E-state index in [1.54, 1.807) is 24.3 Å². The molecule has 18 heavy (non-hydrogen) atoms. The molecule has 4 heteroatoms. The van der Waals surface area contributed by atoms with Gasteiger partial charge in [-0.1, -0.05) is 35.9 Å². The summed E-state index contributed by atoms with van der Waals surface area (Å²) in [5, 5.41) is 10.5. The molecule has 0 spiro atoms. The van der Waals surface area contributed by atoms with Crippen LogP contribution < -0.4 is 0 Å². The summed E-state index contributed by atoms with van der Waals surface area (Å²) < 4.78 is 25.8. The lowest BCUT2D eigenvalue weighted by atomic mass is 10.0. The van der Waals surface area contributed by atoms with E-state index in [9.17, 15) is 13.9 Å². The van der Waals surface area contributed by atoms with E-state index in [0.29, 0.717) is 16.1 Å². The molecule has 0 aliphatic carbocycles. The van der Waals surface area contributed by atoms with Gasteiger partial charge in [0, 0.05) is 11.4 Å². The average molecular weight is 269 g/mol. The second-order valence-corrected chi connectivity index (χ2v) is 4.40. The summed E-state index contributed by atoms with van der Waals surface area (Å²) in [5.74, 6) is -1.81. The lowest BCUT2D eigenvalue weighted by Gasteiger charge is -2.12. The fraction of sp³-hybridized carbons (Fsp3) is 0.143. The molecule has 1 unspecified atom stereocenters. The molecule has 0 aliphatic heterocycles. The van der Waals surface area contributed by atoms with E-state index in [4.69, 9.17) is 11.6 Å². The van der Waals surface area contributed by atoms with Crippen LogP contribution in [-0.2, 0) is 6.42 Å². The van der Waals surface area contributed by atoms with Crippen LogP contribution in [0.5, 0.6) is 0 Å². The minimum absolute atomic E-state index is 0.181. The van der Waals surface area contributed by atoms with Gasteiger partial charge in [-0.2, -0.15) is 0 Å². The first kappa shape index (κ1) is 13.0. The lowest BCUT2D eigenvalue weighted by Crippen LogP contribution is -2.03. The molecule has 1 N–H and O–H groups in total. The van der Waals surface area contributed by atoms with Crippen LogP contribution in [0.2, 0.25) is 5.02 Å². The average Bonchev–Trinajstić information content (AvgIpc) is 2.34. The first-order chi connectivity index (χ1) is 8.58. The van der Waals surface area contributed by atoms with E-state index < -0.39 is 17.7 Å². The Hall–Kier alpha value is -1.45. The van der Waals surface area contributed by atoms with Crippen LogP contribution in [0.4, 0.5) is 8.78 Å². The van der Waals surface area contributed by atoms with Crippen molar-refractivity contribution in [2.75, 3.05) is 0 Å². The highest BCUT2D eigenvalue weighted by Crippen LogP contribution is 2.25. The van der Waals surface area contributed by atoms with E-state index in [1.807, 2.05) is 0 Å². The standard InChI is InChI=1S/C14H11ClF2O/c15-11-4-2-1-3-10(11)14(18)8-9-5-6-12(16)13(17)7-9/h1-7,14,18H,8H2. The highest BCUT2D eigenvalue weighted by Gasteiger charge is 2.13. The predicted octanol–water partition coefficient (Wildman–Crippen LogP) is 3.89. The first-order valence-corrected chi connectivity index (χ1v) is 5.82. The van der Waals surface area contributed by atoms with Gasteiger partial charge in [-0.05, 0) is 29.3 Å². The Labute approximate surface area is 109 Å². The van der Waals surface area contributed by atoms with Crippen LogP contribution in [0.1, 0.15) is 17.2 Å². The Morgan fingerprint density at radius 3 is 2.44 bits per heavy atom. The highest BCUT2D eigenvalue weighted by atomic mass is 35.5. The molecule has 0 bridgehead atoms. The van der Waals surface area contributed by atoms with Gasteiger partial charge in [0.05, 0.1) is 6.10 Å². The molecule has 0 aromatic heterocycles. The molecule has 0 radical (unpaired) electrons. The van der Waals surface area contributed by atoms with Gasteiger partial charge in [0.25, 0.3) is 0 Å². The topological polar surface area (TPSA) is 20.2 Å². The fourth-order valence-corrected chi connectivity index (χ4v) is 2.01. The van der Waals surface area contributed by atoms with Gasteiger partial charge in [-0.3, -0.25) is 0 Å². The molecule has 1 nitrogen and oxygen atoms in total. The summed E-state index contributed by atoms with van der Waals surface area (Å²) in [6, 6.07) is 10.5. The van der Waals surface area contributed by atoms with E-state index in [1.165, 1.54) is 6.07 Å². The Balaban J connectivity index is 2.19. The smallest absolute Gasteiger partial charge is 0.159 e. The van der Waals surface area contributed by atoms with Gasteiger partial charge >= 0.3 is 0 Å². The number of rotatable bonds is 3. The third-order valence-electron chi connectivity index (χ3n) is 2.68. The molecular formula is C14H11ClF2O. The van der Waals surface area contributed by atoms with Gasteiger partial charge < -0.3 is 5.11 Å². The molecule has 0 fully saturated rings. The molecule has 0 heterocycles. The van der Waals surface area contributed by atoms with Crippen molar-refractivity contribution in [2.24, 2.45) is 0 Å². The maximum absolute atomic E-state index is 13.0. The molecule has 0 amide bonds. The molecule has 1 atom stereocenters. The maximum atomic E-state index is 13.0.